The first kappa shape index (κ1) is 16.8. The van der Waals surface area contributed by atoms with Crippen LogP contribution in [0.1, 0.15) is 38.0 Å². The summed E-state index contributed by atoms with van der Waals surface area (Å²) in [6, 6.07) is 7.08. The molecule has 0 unspecified atom stereocenters. The van der Waals surface area contributed by atoms with E-state index in [9.17, 15) is 4.79 Å². The van der Waals surface area contributed by atoms with Gasteiger partial charge in [-0.1, -0.05) is 23.7 Å². The van der Waals surface area contributed by atoms with Gasteiger partial charge in [-0.3, -0.25) is 9.36 Å². The molecule has 0 aliphatic rings. The van der Waals surface area contributed by atoms with Crippen LogP contribution in [0.2, 0.25) is 5.02 Å². The molecule has 0 saturated carbocycles. The maximum Gasteiger partial charge on any atom is 0.197 e. The Bertz CT molecular complexity index is 929. The molecule has 0 aliphatic heterocycles. The van der Waals surface area contributed by atoms with E-state index >= 15 is 0 Å². The molecule has 124 valence electrons. The minimum absolute atomic E-state index is 0.103. The van der Waals surface area contributed by atoms with Gasteiger partial charge in [0.05, 0.1) is 17.1 Å². The summed E-state index contributed by atoms with van der Waals surface area (Å²) in [5.74, 6) is 1.22. The fourth-order valence-electron chi connectivity index (χ4n) is 2.62. The number of aromatic nitrogens is 3. The summed E-state index contributed by atoms with van der Waals surface area (Å²) in [7, 11) is 0. The molecule has 3 aromatic rings. The molecule has 0 spiro atoms. The Balaban J connectivity index is 2.25. The molecule has 2 N–H and O–H groups in total. The van der Waals surface area contributed by atoms with Gasteiger partial charge in [0.1, 0.15) is 10.8 Å². The largest absolute Gasteiger partial charge is 0.324 e. The van der Waals surface area contributed by atoms with Crippen molar-refractivity contribution in [1.82, 2.24) is 14.8 Å². The van der Waals surface area contributed by atoms with Crippen molar-refractivity contribution in [3.63, 3.8) is 0 Å². The topological polar surface area (TPSA) is 73.8 Å². The summed E-state index contributed by atoms with van der Waals surface area (Å²) in [6.07, 6.45) is 0. The second kappa shape index (κ2) is 6.47. The first-order valence-electron chi connectivity index (χ1n) is 7.46. The Morgan fingerprint density at radius 3 is 2.62 bits per heavy atom. The van der Waals surface area contributed by atoms with E-state index < -0.39 is 0 Å². The van der Waals surface area contributed by atoms with Gasteiger partial charge in [-0.05, 0) is 38.5 Å². The van der Waals surface area contributed by atoms with E-state index in [1.165, 1.54) is 11.3 Å². The van der Waals surface area contributed by atoms with Gasteiger partial charge < -0.3 is 5.73 Å². The minimum Gasteiger partial charge on any atom is -0.324 e. The van der Waals surface area contributed by atoms with Crippen molar-refractivity contribution < 1.29 is 4.79 Å². The Hall–Kier alpha value is -2.02. The van der Waals surface area contributed by atoms with Gasteiger partial charge >= 0.3 is 0 Å². The molecule has 2 aromatic heterocycles. The van der Waals surface area contributed by atoms with Crippen molar-refractivity contribution in [2.45, 2.75) is 27.3 Å². The number of nitrogens with two attached hydrogens (primary N) is 1. The van der Waals surface area contributed by atoms with Crippen LogP contribution in [0.4, 0.5) is 0 Å². The number of aryl methyl sites for hydroxylation is 2. The van der Waals surface area contributed by atoms with Crippen molar-refractivity contribution in [2.24, 2.45) is 5.73 Å². The number of halogens is 1. The summed E-state index contributed by atoms with van der Waals surface area (Å²) in [5.41, 5.74) is 7.84. The average molecular weight is 361 g/mol. The normalized spacial score (nSPS) is 11.0. The summed E-state index contributed by atoms with van der Waals surface area (Å²) in [4.78, 5) is 14.2. The number of nitrogens with zero attached hydrogens (tertiary/aromatic N) is 3. The molecule has 2 heterocycles. The average Bonchev–Trinajstić information content (AvgIpc) is 3.07. The zero-order chi connectivity index (χ0) is 17.4. The molecule has 1 aromatic carbocycles. The number of hydrogen-bond acceptors (Lipinski definition) is 5. The molecule has 0 fully saturated rings. The van der Waals surface area contributed by atoms with Gasteiger partial charge in [0.25, 0.3) is 0 Å². The van der Waals surface area contributed by atoms with Gasteiger partial charge in [-0.15, -0.1) is 21.5 Å². The summed E-state index contributed by atoms with van der Waals surface area (Å²) < 4.78 is 1.86. The predicted octanol–water partition coefficient (Wildman–Crippen LogP) is 3.60. The third-order valence-corrected chi connectivity index (χ3v) is 5.51. The zero-order valence-electron chi connectivity index (χ0n) is 13.6. The number of rotatable bonds is 4. The van der Waals surface area contributed by atoms with Gasteiger partial charge in [0.15, 0.2) is 11.6 Å². The highest BCUT2D eigenvalue weighted by molar-refractivity contribution is 7.15. The van der Waals surface area contributed by atoms with Crippen LogP contribution < -0.4 is 5.73 Å². The lowest BCUT2D eigenvalue weighted by Crippen LogP contribution is -2.12. The third-order valence-electron chi connectivity index (χ3n) is 3.99. The van der Waals surface area contributed by atoms with E-state index in [-0.39, 0.29) is 12.3 Å². The third kappa shape index (κ3) is 2.66. The highest BCUT2D eigenvalue weighted by atomic mass is 35.5. The van der Waals surface area contributed by atoms with E-state index in [1.807, 2.05) is 37.5 Å². The second-order valence-electron chi connectivity index (χ2n) is 5.48. The summed E-state index contributed by atoms with van der Waals surface area (Å²) in [5, 5.41) is 9.42. The molecule has 0 aliphatic carbocycles. The van der Waals surface area contributed by atoms with E-state index in [1.54, 1.807) is 12.1 Å². The van der Waals surface area contributed by atoms with Gasteiger partial charge in [-0.25, -0.2) is 0 Å². The number of ketones is 1. The summed E-state index contributed by atoms with van der Waals surface area (Å²) >= 11 is 7.76. The fraction of sp³-hybridized carbons (Fsp3) is 0.235. The van der Waals surface area contributed by atoms with Crippen molar-refractivity contribution in [1.29, 1.82) is 0 Å². The molecule has 0 bridgehead atoms. The Labute approximate surface area is 149 Å². The van der Waals surface area contributed by atoms with Crippen molar-refractivity contribution >= 4 is 28.7 Å². The number of carbonyl (C=O) groups is 1. The van der Waals surface area contributed by atoms with Gasteiger partial charge in [0.2, 0.25) is 0 Å². The van der Waals surface area contributed by atoms with Crippen molar-refractivity contribution in [2.75, 3.05) is 0 Å². The van der Waals surface area contributed by atoms with Crippen LogP contribution in [0.25, 0.3) is 5.00 Å². The molecule has 24 heavy (non-hydrogen) atoms. The quantitative estimate of drug-likeness (QED) is 0.721. The maximum atomic E-state index is 13.2. The molecular weight excluding hydrogens is 344 g/mol. The molecule has 0 saturated heterocycles. The smallest absolute Gasteiger partial charge is 0.197 e. The predicted molar refractivity (Wildman–Crippen MR) is 96.2 cm³/mol. The first-order valence-corrected chi connectivity index (χ1v) is 8.65. The van der Waals surface area contributed by atoms with Crippen LogP contribution in [-0.2, 0) is 6.54 Å². The van der Waals surface area contributed by atoms with Crippen LogP contribution in [0.5, 0.6) is 0 Å². The maximum absolute atomic E-state index is 13.2. The highest BCUT2D eigenvalue weighted by Gasteiger charge is 2.25. The summed E-state index contributed by atoms with van der Waals surface area (Å²) in [6.45, 7) is 6.03. The fourth-order valence-corrected chi connectivity index (χ4v) is 4.06. The zero-order valence-corrected chi connectivity index (χ0v) is 15.2. The second-order valence-corrected chi connectivity index (χ2v) is 7.09. The monoisotopic (exact) mass is 360 g/mol. The van der Waals surface area contributed by atoms with Crippen LogP contribution in [0, 0.1) is 20.8 Å². The van der Waals surface area contributed by atoms with Crippen LogP contribution >= 0.6 is 22.9 Å². The molecule has 0 radical (unpaired) electrons. The molecule has 7 heteroatoms. The lowest BCUT2D eigenvalue weighted by molar-refractivity contribution is 0.103. The molecule has 0 atom stereocenters. The highest BCUT2D eigenvalue weighted by Crippen LogP contribution is 2.34. The number of carbonyl (C=O) groups excluding carboxylic acids is 1. The van der Waals surface area contributed by atoms with E-state index in [0.717, 1.165) is 15.4 Å². The Kier molecular flexibility index (Phi) is 4.54. The number of hydrogen-bond donors (Lipinski definition) is 1. The minimum atomic E-state index is -0.103. The first-order chi connectivity index (χ1) is 11.5. The van der Waals surface area contributed by atoms with Crippen LogP contribution in [0.3, 0.4) is 0 Å². The van der Waals surface area contributed by atoms with Crippen molar-refractivity contribution in [3.05, 3.63) is 62.5 Å². The van der Waals surface area contributed by atoms with Crippen LogP contribution in [0.15, 0.2) is 24.3 Å². The SMILES string of the molecule is Cc1sc(-n2c(C)nnc2CN)c(C(=O)c2ccccc2Cl)c1C. The lowest BCUT2D eigenvalue weighted by atomic mass is 10.0. The standard InChI is InChI=1S/C17H17ClN4OS/c1-9-10(2)24-17(22-11(3)20-21-14(22)8-19)15(9)16(23)12-6-4-5-7-13(12)18/h4-7H,8,19H2,1-3H3. The number of benzene rings is 1. The molecule has 5 nitrogen and oxygen atoms in total. The van der Waals surface area contributed by atoms with E-state index in [4.69, 9.17) is 17.3 Å². The molecule has 3 rings (SSSR count). The lowest BCUT2D eigenvalue weighted by Gasteiger charge is -2.10. The van der Waals surface area contributed by atoms with Gasteiger partial charge in [-0.2, -0.15) is 0 Å². The number of thiophene rings is 1. The molecular formula is C17H17ClN4OS. The molecule has 0 amide bonds. The van der Waals surface area contributed by atoms with Crippen molar-refractivity contribution in [3.8, 4) is 5.00 Å². The van der Waals surface area contributed by atoms with E-state index in [2.05, 4.69) is 10.2 Å². The Morgan fingerprint density at radius 1 is 1.25 bits per heavy atom. The van der Waals surface area contributed by atoms with E-state index in [0.29, 0.717) is 27.8 Å². The van der Waals surface area contributed by atoms with Crippen LogP contribution in [-0.4, -0.2) is 20.5 Å². The Morgan fingerprint density at radius 2 is 1.96 bits per heavy atom. The van der Waals surface area contributed by atoms with Gasteiger partial charge in [0, 0.05) is 10.4 Å².